The molecule has 0 saturated heterocycles. The van der Waals surface area contributed by atoms with Crippen molar-refractivity contribution in [3.8, 4) is 11.9 Å². The highest BCUT2D eigenvalue weighted by Crippen LogP contribution is 2.23. The van der Waals surface area contributed by atoms with E-state index in [9.17, 15) is 25.4 Å². The lowest BCUT2D eigenvalue weighted by molar-refractivity contribution is 0.154. The number of nitriles is 1. The second-order valence-electron chi connectivity index (χ2n) is 6.33. The molecule has 0 unspecified atom stereocenters. The Morgan fingerprint density at radius 1 is 1.15 bits per heavy atom. The number of pyridine rings is 1. The Hall–Kier alpha value is -2.66. The molecule has 0 amide bonds. The second kappa shape index (κ2) is 9.88. The predicted molar refractivity (Wildman–Crippen MR) is 101 cm³/mol. The third-order valence-electron chi connectivity index (χ3n) is 4.61. The average molecular weight is 371 g/mol. The number of aromatic nitrogens is 1. The monoisotopic (exact) mass is 371 g/mol. The van der Waals surface area contributed by atoms with Crippen molar-refractivity contribution in [2.75, 3.05) is 26.3 Å². The van der Waals surface area contributed by atoms with Crippen molar-refractivity contribution >= 4 is 0 Å². The van der Waals surface area contributed by atoms with Gasteiger partial charge in [-0.2, -0.15) is 5.26 Å². The van der Waals surface area contributed by atoms with Crippen LogP contribution in [0.15, 0.2) is 35.1 Å². The minimum absolute atomic E-state index is 0.00353. The van der Waals surface area contributed by atoms with Gasteiger partial charge < -0.3 is 15.3 Å². The van der Waals surface area contributed by atoms with Crippen LogP contribution in [-0.4, -0.2) is 51.1 Å². The SMILES string of the molecule is Cc1c(CN(CCO)CCO)c(O)n(CCc2ccccc2)c(=O)c1C#N. The Balaban J connectivity index is 2.41. The zero-order chi connectivity index (χ0) is 19.8. The molecule has 2 rings (SSSR count). The lowest BCUT2D eigenvalue weighted by Crippen LogP contribution is -2.32. The van der Waals surface area contributed by atoms with Gasteiger partial charge in [-0.3, -0.25) is 14.3 Å². The number of nitrogens with zero attached hydrogens (tertiary/aromatic N) is 3. The first-order valence-corrected chi connectivity index (χ1v) is 8.86. The highest BCUT2D eigenvalue weighted by molar-refractivity contribution is 5.45. The molecule has 0 aliphatic rings. The van der Waals surface area contributed by atoms with E-state index in [-0.39, 0.29) is 37.7 Å². The van der Waals surface area contributed by atoms with Crippen LogP contribution in [0.5, 0.6) is 5.88 Å². The number of aryl methyl sites for hydroxylation is 1. The second-order valence-corrected chi connectivity index (χ2v) is 6.33. The molecule has 1 heterocycles. The molecular formula is C20H25N3O4. The number of aromatic hydroxyl groups is 1. The van der Waals surface area contributed by atoms with Gasteiger partial charge in [-0.15, -0.1) is 0 Å². The van der Waals surface area contributed by atoms with Crippen LogP contribution >= 0.6 is 0 Å². The summed E-state index contributed by atoms with van der Waals surface area (Å²) < 4.78 is 1.23. The van der Waals surface area contributed by atoms with Gasteiger partial charge in [0.2, 0.25) is 0 Å². The molecule has 0 aliphatic carbocycles. The van der Waals surface area contributed by atoms with Crippen LogP contribution in [0.4, 0.5) is 0 Å². The lowest BCUT2D eigenvalue weighted by Gasteiger charge is -2.23. The van der Waals surface area contributed by atoms with Gasteiger partial charge in [-0.05, 0) is 24.5 Å². The molecule has 3 N–H and O–H groups in total. The molecule has 0 aliphatic heterocycles. The molecule has 0 atom stereocenters. The van der Waals surface area contributed by atoms with Crippen molar-refractivity contribution in [3.05, 3.63) is 62.9 Å². The highest BCUT2D eigenvalue weighted by Gasteiger charge is 2.20. The topological polar surface area (TPSA) is 110 Å². The molecule has 1 aromatic carbocycles. The third kappa shape index (κ3) is 4.95. The van der Waals surface area contributed by atoms with Crippen LogP contribution in [0.1, 0.15) is 22.3 Å². The van der Waals surface area contributed by atoms with Crippen molar-refractivity contribution in [2.45, 2.75) is 26.4 Å². The van der Waals surface area contributed by atoms with Gasteiger partial charge in [0, 0.05) is 31.7 Å². The van der Waals surface area contributed by atoms with Crippen molar-refractivity contribution in [2.24, 2.45) is 0 Å². The lowest BCUT2D eigenvalue weighted by atomic mass is 10.0. The van der Waals surface area contributed by atoms with Crippen molar-refractivity contribution in [1.82, 2.24) is 9.47 Å². The van der Waals surface area contributed by atoms with Crippen molar-refractivity contribution in [3.63, 3.8) is 0 Å². The molecule has 0 radical (unpaired) electrons. The number of rotatable bonds is 9. The van der Waals surface area contributed by atoms with E-state index < -0.39 is 5.56 Å². The quantitative estimate of drug-likeness (QED) is 0.600. The fourth-order valence-electron chi connectivity index (χ4n) is 3.06. The summed E-state index contributed by atoms with van der Waals surface area (Å²) in [5, 5.41) is 38.6. The third-order valence-corrected chi connectivity index (χ3v) is 4.61. The maximum Gasteiger partial charge on any atom is 0.271 e. The minimum Gasteiger partial charge on any atom is -0.494 e. The van der Waals surface area contributed by atoms with Crippen LogP contribution in [0, 0.1) is 18.3 Å². The summed E-state index contributed by atoms with van der Waals surface area (Å²) in [5.74, 6) is -0.173. The standard InChI is InChI=1S/C20H25N3O4/c1-15-17(13-21)19(26)23(8-7-16-5-3-2-4-6-16)20(27)18(15)14-22(9-11-24)10-12-25/h2-6,24-25,27H,7-12,14H2,1H3. The Morgan fingerprint density at radius 3 is 2.33 bits per heavy atom. The molecular weight excluding hydrogens is 346 g/mol. The van der Waals surface area contributed by atoms with Crippen LogP contribution in [0.3, 0.4) is 0 Å². The van der Waals surface area contributed by atoms with Gasteiger partial charge >= 0.3 is 0 Å². The van der Waals surface area contributed by atoms with Crippen LogP contribution in [-0.2, 0) is 19.5 Å². The summed E-state index contributed by atoms with van der Waals surface area (Å²) in [6.07, 6.45) is 0.540. The average Bonchev–Trinajstić information content (AvgIpc) is 2.66. The van der Waals surface area contributed by atoms with Crippen LogP contribution < -0.4 is 5.56 Å². The fraction of sp³-hybridized carbons (Fsp3) is 0.400. The van der Waals surface area contributed by atoms with E-state index in [2.05, 4.69) is 0 Å². The van der Waals surface area contributed by atoms with Crippen LogP contribution in [0.2, 0.25) is 0 Å². The first-order valence-electron chi connectivity index (χ1n) is 8.86. The largest absolute Gasteiger partial charge is 0.494 e. The molecule has 0 bridgehead atoms. The Labute approximate surface area is 158 Å². The van der Waals surface area contributed by atoms with E-state index >= 15 is 0 Å². The summed E-state index contributed by atoms with van der Waals surface area (Å²) in [7, 11) is 0. The van der Waals surface area contributed by atoms with Gasteiger partial charge in [-0.25, -0.2) is 0 Å². The zero-order valence-electron chi connectivity index (χ0n) is 15.4. The normalized spacial score (nSPS) is 10.9. The maximum atomic E-state index is 12.6. The van der Waals surface area contributed by atoms with Crippen molar-refractivity contribution in [1.29, 1.82) is 5.26 Å². The molecule has 144 valence electrons. The highest BCUT2D eigenvalue weighted by atomic mass is 16.3. The first kappa shape index (κ1) is 20.6. The van der Waals surface area contributed by atoms with Gasteiger partial charge in [-0.1, -0.05) is 30.3 Å². The van der Waals surface area contributed by atoms with E-state index in [0.29, 0.717) is 30.6 Å². The molecule has 0 fully saturated rings. The van der Waals surface area contributed by atoms with E-state index in [1.807, 2.05) is 36.4 Å². The van der Waals surface area contributed by atoms with Gasteiger partial charge in [0.1, 0.15) is 11.6 Å². The summed E-state index contributed by atoms with van der Waals surface area (Å²) in [6, 6.07) is 11.5. The fourth-order valence-corrected chi connectivity index (χ4v) is 3.06. The number of benzene rings is 1. The Kier molecular flexibility index (Phi) is 7.55. The van der Waals surface area contributed by atoms with Crippen LogP contribution in [0.25, 0.3) is 0 Å². The van der Waals surface area contributed by atoms with Gasteiger partial charge in [0.05, 0.1) is 13.2 Å². The predicted octanol–water partition coefficient (Wildman–Crippen LogP) is 0.763. The van der Waals surface area contributed by atoms with Crippen molar-refractivity contribution < 1.29 is 15.3 Å². The Bertz CT molecular complexity index is 850. The number of aliphatic hydroxyl groups excluding tert-OH is 2. The summed E-state index contributed by atoms with van der Waals surface area (Å²) in [4.78, 5) is 14.4. The van der Waals surface area contributed by atoms with E-state index in [1.54, 1.807) is 11.8 Å². The smallest absolute Gasteiger partial charge is 0.271 e. The summed E-state index contributed by atoms with van der Waals surface area (Å²) in [6.45, 7) is 2.52. The minimum atomic E-state index is -0.511. The number of hydrogen-bond acceptors (Lipinski definition) is 6. The summed E-state index contributed by atoms with van der Waals surface area (Å²) >= 11 is 0. The molecule has 2 aromatic rings. The molecule has 0 spiro atoms. The molecule has 7 nitrogen and oxygen atoms in total. The van der Waals surface area contributed by atoms with E-state index in [4.69, 9.17) is 0 Å². The molecule has 1 aromatic heterocycles. The maximum absolute atomic E-state index is 12.6. The molecule has 7 heteroatoms. The molecule has 27 heavy (non-hydrogen) atoms. The van der Waals surface area contributed by atoms with Gasteiger partial charge in [0.15, 0.2) is 5.88 Å². The zero-order valence-corrected chi connectivity index (χ0v) is 15.4. The van der Waals surface area contributed by atoms with E-state index in [0.717, 1.165) is 5.56 Å². The van der Waals surface area contributed by atoms with Gasteiger partial charge in [0.25, 0.3) is 5.56 Å². The summed E-state index contributed by atoms with van der Waals surface area (Å²) in [5.41, 5.74) is 1.40. The first-order chi connectivity index (χ1) is 13.0. The Morgan fingerprint density at radius 2 is 1.78 bits per heavy atom. The molecule has 0 saturated carbocycles. The van der Waals surface area contributed by atoms with E-state index in [1.165, 1.54) is 4.57 Å². The number of hydrogen-bond donors (Lipinski definition) is 3. The number of aliphatic hydroxyl groups is 2.